The van der Waals surface area contributed by atoms with E-state index in [2.05, 4.69) is 25.9 Å². The maximum Gasteiger partial charge on any atom is 0.347 e. The molecular weight excluding hydrogens is 504 g/mol. The highest BCUT2D eigenvalue weighted by Gasteiger charge is 2.25. The quantitative estimate of drug-likeness (QED) is 0.354. The van der Waals surface area contributed by atoms with Gasteiger partial charge in [-0.2, -0.15) is 0 Å². The minimum Gasteiger partial charge on any atom is -0.496 e. The van der Waals surface area contributed by atoms with Crippen LogP contribution in [0.5, 0.6) is 11.5 Å². The number of aromatic nitrogens is 2. The molecule has 178 valence electrons. The molecule has 0 amide bonds. The Morgan fingerprint density at radius 1 is 1.09 bits per heavy atom. The number of ether oxygens (including phenoxy) is 4. The molecule has 2 aromatic carbocycles. The van der Waals surface area contributed by atoms with Crippen LogP contribution in [0.3, 0.4) is 0 Å². The lowest BCUT2D eigenvalue weighted by molar-refractivity contribution is -0.166. The highest BCUT2D eigenvalue weighted by atomic mass is 79.9. The van der Waals surface area contributed by atoms with E-state index in [1.807, 2.05) is 36.4 Å². The molecule has 0 fully saturated rings. The average molecular weight is 529 g/mol. The molecule has 3 rings (SSSR count). The van der Waals surface area contributed by atoms with Crippen LogP contribution in [-0.2, 0) is 32.1 Å². The summed E-state index contributed by atoms with van der Waals surface area (Å²) in [5, 5.41) is 0. The molecule has 0 aliphatic heterocycles. The van der Waals surface area contributed by atoms with Crippen LogP contribution in [0.1, 0.15) is 25.1 Å². The molecule has 0 bridgehead atoms. The fraction of sp³-hybridized carbons (Fsp3) is 0.280. The third-order valence-corrected chi connectivity index (χ3v) is 5.22. The number of esters is 2. The smallest absolute Gasteiger partial charge is 0.347 e. The molecule has 9 heteroatoms. The first-order valence-electron chi connectivity index (χ1n) is 10.6. The highest BCUT2D eigenvalue weighted by molar-refractivity contribution is 9.10. The third kappa shape index (κ3) is 6.77. The van der Waals surface area contributed by atoms with Crippen LogP contribution < -0.4 is 9.47 Å². The third-order valence-electron chi connectivity index (χ3n) is 4.72. The first-order valence-corrected chi connectivity index (χ1v) is 11.4. The number of nitrogens with zero attached hydrogens (tertiary/aromatic N) is 2. The molecule has 0 aliphatic rings. The Kier molecular flexibility index (Phi) is 8.98. The van der Waals surface area contributed by atoms with Crippen LogP contribution in [0.15, 0.2) is 59.2 Å². The van der Waals surface area contributed by atoms with E-state index in [1.165, 1.54) is 6.92 Å². The van der Waals surface area contributed by atoms with Gasteiger partial charge in [-0.05, 0) is 48.9 Å². The van der Waals surface area contributed by atoms with Gasteiger partial charge in [0.15, 0.2) is 5.82 Å². The number of benzene rings is 2. The number of methoxy groups -OCH3 is 1. The number of halogens is 1. The molecule has 0 aliphatic carbocycles. The first-order chi connectivity index (χ1) is 16.4. The van der Waals surface area contributed by atoms with Crippen molar-refractivity contribution in [3.63, 3.8) is 0 Å². The van der Waals surface area contributed by atoms with E-state index in [9.17, 15) is 9.59 Å². The van der Waals surface area contributed by atoms with E-state index in [4.69, 9.17) is 18.9 Å². The lowest BCUT2D eigenvalue weighted by atomic mass is 10.1. The summed E-state index contributed by atoms with van der Waals surface area (Å²) < 4.78 is 22.5. The summed E-state index contributed by atoms with van der Waals surface area (Å²) in [6.07, 6.45) is 0.682. The van der Waals surface area contributed by atoms with Crippen LogP contribution in [0.25, 0.3) is 11.4 Å². The predicted molar refractivity (Wildman–Crippen MR) is 128 cm³/mol. The van der Waals surface area contributed by atoms with E-state index in [-0.39, 0.29) is 19.6 Å². The maximum absolute atomic E-state index is 12.3. The Morgan fingerprint density at radius 2 is 1.88 bits per heavy atom. The highest BCUT2D eigenvalue weighted by Crippen LogP contribution is 2.28. The van der Waals surface area contributed by atoms with Crippen LogP contribution in [-0.4, -0.2) is 41.7 Å². The number of carbonyl (C=O) groups is 2. The molecule has 0 saturated heterocycles. The molecule has 0 spiro atoms. The van der Waals surface area contributed by atoms with Crippen molar-refractivity contribution in [1.82, 2.24) is 9.97 Å². The summed E-state index contributed by atoms with van der Waals surface area (Å²) in [4.78, 5) is 32.8. The van der Waals surface area contributed by atoms with Crippen molar-refractivity contribution in [2.75, 3.05) is 13.7 Å². The zero-order chi connectivity index (χ0) is 24.5. The molecule has 8 nitrogen and oxygen atoms in total. The van der Waals surface area contributed by atoms with Gasteiger partial charge < -0.3 is 18.9 Å². The first kappa shape index (κ1) is 25.2. The second kappa shape index (κ2) is 12.1. The van der Waals surface area contributed by atoms with Gasteiger partial charge in [0.25, 0.3) is 0 Å². The van der Waals surface area contributed by atoms with Crippen LogP contribution in [0.4, 0.5) is 0 Å². The second-order valence-corrected chi connectivity index (χ2v) is 8.08. The van der Waals surface area contributed by atoms with Gasteiger partial charge in [-0.25, -0.2) is 14.8 Å². The molecule has 3 aromatic rings. The van der Waals surface area contributed by atoms with Crippen molar-refractivity contribution in [3.05, 3.63) is 70.5 Å². The molecule has 1 aromatic heterocycles. The normalized spacial score (nSPS) is 11.4. The van der Waals surface area contributed by atoms with Gasteiger partial charge in [0.1, 0.15) is 18.1 Å². The minimum atomic E-state index is -1.08. The van der Waals surface area contributed by atoms with Crippen LogP contribution >= 0.6 is 15.9 Å². The number of para-hydroxylation sites is 1. The Bertz CT molecular complexity index is 1150. The lowest BCUT2D eigenvalue weighted by Gasteiger charge is -2.18. The summed E-state index contributed by atoms with van der Waals surface area (Å²) in [5.41, 5.74) is 2.11. The lowest BCUT2D eigenvalue weighted by Crippen LogP contribution is -2.30. The summed E-state index contributed by atoms with van der Waals surface area (Å²) in [7, 11) is 1.60. The summed E-state index contributed by atoms with van der Waals surface area (Å²) in [6, 6.07) is 14.7. The van der Waals surface area contributed by atoms with E-state index in [0.717, 1.165) is 10.0 Å². The largest absolute Gasteiger partial charge is 0.496 e. The van der Waals surface area contributed by atoms with Gasteiger partial charge in [-0.15, -0.1) is 0 Å². The van der Waals surface area contributed by atoms with E-state index in [1.54, 1.807) is 32.4 Å². The van der Waals surface area contributed by atoms with Gasteiger partial charge in [-0.1, -0.05) is 28.1 Å². The topological polar surface area (TPSA) is 96.8 Å². The Labute approximate surface area is 206 Å². The van der Waals surface area contributed by atoms with Crippen molar-refractivity contribution in [2.24, 2.45) is 0 Å². The zero-order valence-electron chi connectivity index (χ0n) is 19.1. The van der Waals surface area contributed by atoms with Gasteiger partial charge in [0, 0.05) is 24.0 Å². The molecule has 0 N–H and O–H groups in total. The monoisotopic (exact) mass is 528 g/mol. The van der Waals surface area contributed by atoms with E-state index >= 15 is 0 Å². The number of hydrogen-bond acceptors (Lipinski definition) is 8. The SMILES string of the molecule is CCOC(=O)[C@@H](Cc1cc(Br)ccc1OCc1ccnc(-c2ccccc2OC)n1)OC(C)=O. The van der Waals surface area contributed by atoms with E-state index < -0.39 is 18.0 Å². The van der Waals surface area contributed by atoms with Crippen LogP contribution in [0.2, 0.25) is 0 Å². The molecule has 0 unspecified atom stereocenters. The molecule has 1 atom stereocenters. The maximum atomic E-state index is 12.3. The van der Waals surface area contributed by atoms with Crippen molar-refractivity contribution in [2.45, 2.75) is 33.0 Å². The summed E-state index contributed by atoms with van der Waals surface area (Å²) >= 11 is 3.44. The van der Waals surface area contributed by atoms with Gasteiger partial charge >= 0.3 is 11.9 Å². The van der Waals surface area contributed by atoms with Crippen molar-refractivity contribution in [1.29, 1.82) is 0 Å². The zero-order valence-corrected chi connectivity index (χ0v) is 20.7. The molecule has 34 heavy (non-hydrogen) atoms. The number of rotatable bonds is 10. The second-order valence-electron chi connectivity index (χ2n) is 7.17. The molecule has 0 radical (unpaired) electrons. The summed E-state index contributed by atoms with van der Waals surface area (Å²) in [5.74, 6) is 0.543. The number of hydrogen-bond donors (Lipinski definition) is 0. The minimum absolute atomic E-state index is 0.101. The molecule has 1 heterocycles. The van der Waals surface area contributed by atoms with E-state index in [0.29, 0.717) is 28.6 Å². The fourth-order valence-electron chi connectivity index (χ4n) is 3.24. The van der Waals surface area contributed by atoms with Gasteiger partial charge in [0.05, 0.1) is 25.0 Å². The van der Waals surface area contributed by atoms with Gasteiger partial charge in [-0.3, -0.25) is 4.79 Å². The Balaban J connectivity index is 1.80. The van der Waals surface area contributed by atoms with Crippen molar-refractivity contribution >= 4 is 27.9 Å². The van der Waals surface area contributed by atoms with Crippen LogP contribution in [0, 0.1) is 0 Å². The molecular formula is C25H25BrN2O6. The Hall–Kier alpha value is -3.46. The van der Waals surface area contributed by atoms with Crippen molar-refractivity contribution in [3.8, 4) is 22.9 Å². The number of carbonyl (C=O) groups excluding carboxylic acids is 2. The molecule has 0 saturated carbocycles. The van der Waals surface area contributed by atoms with Gasteiger partial charge in [0.2, 0.25) is 6.10 Å². The summed E-state index contributed by atoms with van der Waals surface area (Å²) in [6.45, 7) is 3.29. The average Bonchev–Trinajstić information content (AvgIpc) is 2.83. The Morgan fingerprint density at radius 3 is 2.62 bits per heavy atom. The fourth-order valence-corrected chi connectivity index (χ4v) is 3.65. The standard InChI is InChI=1S/C25H25BrN2O6/c1-4-32-25(30)23(34-16(2)29)14-17-13-18(26)9-10-21(17)33-15-19-11-12-27-24(28-19)20-7-5-6-8-22(20)31-3/h5-13,23H,4,14-15H2,1-3H3/t23-/m1/s1. The van der Waals surface area contributed by atoms with Crippen molar-refractivity contribution < 1.29 is 28.5 Å². The predicted octanol–water partition coefficient (Wildman–Crippen LogP) is 4.53.